The second kappa shape index (κ2) is 10.1. The van der Waals surface area contributed by atoms with Crippen molar-refractivity contribution in [3.8, 4) is 0 Å². The smallest absolute Gasteiger partial charge is 0.237 e. The van der Waals surface area contributed by atoms with Gasteiger partial charge in [0, 0.05) is 31.7 Å². The number of allylic oxidation sites excluding steroid dienone is 1. The van der Waals surface area contributed by atoms with E-state index in [2.05, 4.69) is 49.2 Å². The number of hydrogen-bond donors (Lipinski definition) is 1. The maximum Gasteiger partial charge on any atom is 0.237 e. The lowest BCUT2D eigenvalue weighted by molar-refractivity contribution is -0.140. The molecule has 2 fully saturated rings. The standard InChI is InChI=1S/C24H35N3O2/c1-4-22-21(24(29)25-13-8-11-19-9-6-5-7-10-19)15-20-16-26(14-12-18(2)3)17-23(28)27(20)22/h5-7,9-10,12,20-22H,4,8,11,13-17H2,1-3H3,(H,25,29)/t20-,21-,22-/m1/s1. The molecule has 0 unspecified atom stereocenters. The summed E-state index contributed by atoms with van der Waals surface area (Å²) in [5.41, 5.74) is 2.57. The molecular weight excluding hydrogens is 362 g/mol. The normalized spacial score (nSPS) is 24.3. The van der Waals surface area contributed by atoms with Crippen LogP contribution < -0.4 is 5.32 Å². The van der Waals surface area contributed by atoms with Crippen LogP contribution in [0.15, 0.2) is 42.0 Å². The van der Waals surface area contributed by atoms with E-state index in [0.29, 0.717) is 13.1 Å². The van der Waals surface area contributed by atoms with E-state index in [1.54, 1.807) is 0 Å². The number of nitrogens with one attached hydrogen (secondary N) is 1. The molecule has 1 aromatic rings. The van der Waals surface area contributed by atoms with Gasteiger partial charge in [-0.1, -0.05) is 48.9 Å². The number of carbonyl (C=O) groups is 2. The van der Waals surface area contributed by atoms with Crippen LogP contribution >= 0.6 is 0 Å². The Morgan fingerprint density at radius 3 is 2.69 bits per heavy atom. The molecule has 0 saturated carbocycles. The Morgan fingerprint density at radius 1 is 1.24 bits per heavy atom. The molecule has 0 aromatic heterocycles. The van der Waals surface area contributed by atoms with Crippen LogP contribution in [0.5, 0.6) is 0 Å². The second-order valence-corrected chi connectivity index (χ2v) is 8.63. The highest BCUT2D eigenvalue weighted by molar-refractivity contribution is 5.84. The summed E-state index contributed by atoms with van der Waals surface area (Å²) in [5, 5.41) is 3.13. The first kappa shape index (κ1) is 21.6. The zero-order valence-corrected chi connectivity index (χ0v) is 18.1. The third-order valence-corrected chi connectivity index (χ3v) is 6.15. The Labute approximate surface area is 175 Å². The van der Waals surface area contributed by atoms with Crippen molar-refractivity contribution in [1.29, 1.82) is 0 Å². The summed E-state index contributed by atoms with van der Waals surface area (Å²) >= 11 is 0. The number of piperazine rings is 1. The molecule has 29 heavy (non-hydrogen) atoms. The van der Waals surface area contributed by atoms with Crippen molar-refractivity contribution < 1.29 is 9.59 Å². The predicted octanol–water partition coefficient (Wildman–Crippen LogP) is 3.01. The van der Waals surface area contributed by atoms with Crippen LogP contribution in [0.4, 0.5) is 0 Å². The van der Waals surface area contributed by atoms with Gasteiger partial charge in [-0.25, -0.2) is 0 Å². The molecule has 2 aliphatic heterocycles. The minimum atomic E-state index is -0.0888. The fraction of sp³-hybridized carbons (Fsp3) is 0.583. The van der Waals surface area contributed by atoms with Gasteiger partial charge < -0.3 is 10.2 Å². The van der Waals surface area contributed by atoms with E-state index in [1.807, 2.05) is 23.1 Å². The summed E-state index contributed by atoms with van der Waals surface area (Å²) in [6, 6.07) is 10.6. The number of carbonyl (C=O) groups excluding carboxylic acids is 2. The summed E-state index contributed by atoms with van der Waals surface area (Å²) in [4.78, 5) is 30.0. The average molecular weight is 398 g/mol. The van der Waals surface area contributed by atoms with E-state index in [9.17, 15) is 9.59 Å². The Hall–Kier alpha value is -2.14. The van der Waals surface area contributed by atoms with Crippen molar-refractivity contribution >= 4 is 11.8 Å². The maximum atomic E-state index is 12.9. The molecule has 0 aliphatic carbocycles. The molecule has 5 heteroatoms. The van der Waals surface area contributed by atoms with Gasteiger partial charge in [-0.05, 0) is 45.1 Å². The Kier molecular flexibility index (Phi) is 7.48. The van der Waals surface area contributed by atoms with Crippen LogP contribution in [-0.4, -0.2) is 59.9 Å². The zero-order chi connectivity index (χ0) is 20.8. The highest BCUT2D eigenvalue weighted by atomic mass is 16.2. The van der Waals surface area contributed by atoms with Crippen LogP contribution in [0.3, 0.4) is 0 Å². The van der Waals surface area contributed by atoms with Gasteiger partial charge in [0.05, 0.1) is 12.5 Å². The molecule has 2 aliphatic rings. The van der Waals surface area contributed by atoms with Crippen molar-refractivity contribution in [2.24, 2.45) is 5.92 Å². The van der Waals surface area contributed by atoms with Gasteiger partial charge in [-0.2, -0.15) is 0 Å². The number of aryl methyl sites for hydroxylation is 1. The largest absolute Gasteiger partial charge is 0.356 e. The number of rotatable bonds is 8. The monoisotopic (exact) mass is 397 g/mol. The minimum absolute atomic E-state index is 0.0345. The quantitative estimate of drug-likeness (QED) is 0.542. The molecule has 0 bridgehead atoms. The van der Waals surface area contributed by atoms with Crippen LogP contribution in [0, 0.1) is 5.92 Å². The molecule has 2 saturated heterocycles. The fourth-order valence-corrected chi connectivity index (χ4v) is 4.71. The van der Waals surface area contributed by atoms with Gasteiger partial charge in [0.1, 0.15) is 0 Å². The third kappa shape index (κ3) is 5.47. The lowest BCUT2D eigenvalue weighted by atomic mass is 9.96. The molecule has 2 amide bonds. The summed E-state index contributed by atoms with van der Waals surface area (Å²) in [6.07, 6.45) is 5.68. The van der Waals surface area contributed by atoms with Crippen molar-refractivity contribution in [2.75, 3.05) is 26.2 Å². The molecule has 0 spiro atoms. The fourth-order valence-electron chi connectivity index (χ4n) is 4.71. The van der Waals surface area contributed by atoms with Gasteiger partial charge in [0.25, 0.3) is 0 Å². The van der Waals surface area contributed by atoms with Crippen LogP contribution in [0.25, 0.3) is 0 Å². The lowest BCUT2D eigenvalue weighted by Gasteiger charge is -2.39. The molecule has 1 N–H and O–H groups in total. The average Bonchev–Trinajstić information content (AvgIpc) is 3.09. The summed E-state index contributed by atoms with van der Waals surface area (Å²) in [5.74, 6) is 0.201. The molecular formula is C24H35N3O2. The zero-order valence-electron chi connectivity index (χ0n) is 18.1. The van der Waals surface area contributed by atoms with Gasteiger partial charge in [0.15, 0.2) is 0 Å². The topological polar surface area (TPSA) is 52.7 Å². The van der Waals surface area contributed by atoms with E-state index < -0.39 is 0 Å². The van der Waals surface area contributed by atoms with Gasteiger partial charge >= 0.3 is 0 Å². The Bertz CT molecular complexity index is 727. The molecule has 0 radical (unpaired) electrons. The van der Waals surface area contributed by atoms with E-state index in [1.165, 1.54) is 11.1 Å². The van der Waals surface area contributed by atoms with E-state index in [4.69, 9.17) is 0 Å². The molecule has 1 aromatic carbocycles. The van der Waals surface area contributed by atoms with E-state index >= 15 is 0 Å². The van der Waals surface area contributed by atoms with Crippen LogP contribution in [0.1, 0.15) is 45.6 Å². The molecule has 3 rings (SSSR count). The highest BCUT2D eigenvalue weighted by Gasteiger charge is 2.48. The van der Waals surface area contributed by atoms with Crippen LogP contribution in [0.2, 0.25) is 0 Å². The number of hydrogen-bond acceptors (Lipinski definition) is 3. The van der Waals surface area contributed by atoms with Crippen molar-refractivity contribution in [2.45, 2.75) is 58.5 Å². The highest BCUT2D eigenvalue weighted by Crippen LogP contribution is 2.35. The van der Waals surface area contributed by atoms with Crippen LogP contribution in [-0.2, 0) is 16.0 Å². The molecule has 3 atom stereocenters. The summed E-state index contributed by atoms with van der Waals surface area (Å²) in [6.45, 7) is 9.08. The molecule has 5 nitrogen and oxygen atoms in total. The molecule has 2 heterocycles. The third-order valence-electron chi connectivity index (χ3n) is 6.15. The van der Waals surface area contributed by atoms with E-state index in [-0.39, 0.29) is 29.8 Å². The SMILES string of the molecule is CC[C@@H]1[C@H](C(=O)NCCCc2ccccc2)C[C@@H]2CN(CC=C(C)C)CC(=O)N21. The number of amides is 2. The predicted molar refractivity (Wildman–Crippen MR) is 116 cm³/mol. The minimum Gasteiger partial charge on any atom is -0.356 e. The van der Waals surface area contributed by atoms with Gasteiger partial charge in [-0.15, -0.1) is 0 Å². The van der Waals surface area contributed by atoms with Gasteiger partial charge in [0.2, 0.25) is 11.8 Å². The number of fused-ring (bicyclic) bond motifs is 1. The first-order chi connectivity index (χ1) is 14.0. The summed E-state index contributed by atoms with van der Waals surface area (Å²) in [7, 11) is 0. The second-order valence-electron chi connectivity index (χ2n) is 8.63. The lowest BCUT2D eigenvalue weighted by Crippen LogP contribution is -2.56. The van der Waals surface area contributed by atoms with Crippen molar-refractivity contribution in [3.63, 3.8) is 0 Å². The van der Waals surface area contributed by atoms with Gasteiger partial charge in [-0.3, -0.25) is 14.5 Å². The number of nitrogens with zero attached hydrogens (tertiary/aromatic N) is 2. The number of benzene rings is 1. The van der Waals surface area contributed by atoms with Crippen molar-refractivity contribution in [1.82, 2.24) is 15.1 Å². The maximum absolute atomic E-state index is 12.9. The Balaban J connectivity index is 1.53. The molecule has 158 valence electrons. The summed E-state index contributed by atoms with van der Waals surface area (Å²) < 4.78 is 0. The van der Waals surface area contributed by atoms with E-state index in [0.717, 1.165) is 38.8 Å². The Morgan fingerprint density at radius 2 is 2.00 bits per heavy atom. The first-order valence-corrected chi connectivity index (χ1v) is 11.0. The van der Waals surface area contributed by atoms with Crippen molar-refractivity contribution in [3.05, 3.63) is 47.5 Å². The first-order valence-electron chi connectivity index (χ1n) is 11.0.